The van der Waals surface area contributed by atoms with E-state index in [9.17, 15) is 0 Å². The lowest BCUT2D eigenvalue weighted by Gasteiger charge is -2.08. The summed E-state index contributed by atoms with van der Waals surface area (Å²) in [5.41, 5.74) is 8.17. The number of imidazole rings is 1. The largest absolute Gasteiger partial charge is 0.494 e. The van der Waals surface area contributed by atoms with Crippen LogP contribution in [0.3, 0.4) is 0 Å². The summed E-state index contributed by atoms with van der Waals surface area (Å²) in [7, 11) is 0. The number of nitrogen functional groups attached to an aromatic ring is 1. The highest BCUT2D eigenvalue weighted by molar-refractivity contribution is 5.71. The van der Waals surface area contributed by atoms with Gasteiger partial charge in [-0.25, -0.2) is 4.98 Å². The number of ether oxygens (including phenoxy) is 1. The predicted octanol–water partition coefficient (Wildman–Crippen LogP) is 4.06. The Morgan fingerprint density at radius 1 is 1.19 bits per heavy atom. The average Bonchev–Trinajstić information content (AvgIpc) is 2.82. The van der Waals surface area contributed by atoms with Gasteiger partial charge in [-0.2, -0.15) is 0 Å². The van der Waals surface area contributed by atoms with Crippen LogP contribution in [-0.2, 0) is 6.54 Å². The van der Waals surface area contributed by atoms with Gasteiger partial charge < -0.3 is 15.0 Å². The first-order valence-corrected chi connectivity index (χ1v) is 7.67. The summed E-state index contributed by atoms with van der Waals surface area (Å²) in [6.07, 6.45) is 1.01. The number of nitrogens with two attached hydrogens (primary N) is 1. The SMILES string of the molecule is CCCOc1ccc(-c2nc(C(C)C)n(CC)c2N)cc1. The minimum Gasteiger partial charge on any atom is -0.494 e. The van der Waals surface area contributed by atoms with Gasteiger partial charge in [-0.1, -0.05) is 20.8 Å². The van der Waals surface area contributed by atoms with Crippen molar-refractivity contribution in [2.45, 2.75) is 46.6 Å². The number of nitrogens with zero attached hydrogens (tertiary/aromatic N) is 2. The van der Waals surface area contributed by atoms with Crippen molar-refractivity contribution in [3.05, 3.63) is 30.1 Å². The second-order valence-electron chi connectivity index (χ2n) is 5.48. The summed E-state index contributed by atoms with van der Waals surface area (Å²) in [5.74, 6) is 3.02. The number of aromatic nitrogens is 2. The first kappa shape index (κ1) is 15.4. The van der Waals surface area contributed by atoms with Crippen LogP contribution in [0, 0.1) is 0 Å². The minimum absolute atomic E-state index is 0.355. The van der Waals surface area contributed by atoms with Crippen molar-refractivity contribution in [3.63, 3.8) is 0 Å². The molecule has 0 aliphatic heterocycles. The molecule has 0 amide bonds. The fraction of sp³-hybridized carbons (Fsp3) is 0.471. The molecule has 0 aliphatic carbocycles. The molecule has 21 heavy (non-hydrogen) atoms. The van der Waals surface area contributed by atoms with Gasteiger partial charge in [0, 0.05) is 18.0 Å². The highest BCUT2D eigenvalue weighted by Crippen LogP contribution is 2.30. The topological polar surface area (TPSA) is 53.1 Å². The van der Waals surface area contributed by atoms with Gasteiger partial charge in [0.2, 0.25) is 0 Å². The Morgan fingerprint density at radius 2 is 1.86 bits per heavy atom. The molecule has 1 aromatic carbocycles. The summed E-state index contributed by atoms with van der Waals surface area (Å²) >= 11 is 0. The van der Waals surface area contributed by atoms with Crippen molar-refractivity contribution in [1.29, 1.82) is 0 Å². The van der Waals surface area contributed by atoms with E-state index in [-0.39, 0.29) is 0 Å². The average molecular weight is 287 g/mol. The molecule has 4 heteroatoms. The van der Waals surface area contributed by atoms with Crippen LogP contribution in [0.5, 0.6) is 5.75 Å². The van der Waals surface area contributed by atoms with Gasteiger partial charge in [0.15, 0.2) is 0 Å². The third kappa shape index (κ3) is 3.20. The number of hydrogen-bond acceptors (Lipinski definition) is 3. The zero-order valence-electron chi connectivity index (χ0n) is 13.4. The summed E-state index contributed by atoms with van der Waals surface area (Å²) in [5, 5.41) is 0. The lowest BCUT2D eigenvalue weighted by molar-refractivity contribution is 0.317. The number of hydrogen-bond donors (Lipinski definition) is 1. The van der Waals surface area contributed by atoms with Gasteiger partial charge in [-0.3, -0.25) is 0 Å². The van der Waals surface area contributed by atoms with Crippen molar-refractivity contribution < 1.29 is 4.74 Å². The molecule has 2 N–H and O–H groups in total. The molecule has 4 nitrogen and oxygen atoms in total. The van der Waals surface area contributed by atoms with Crippen LogP contribution in [0.2, 0.25) is 0 Å². The maximum absolute atomic E-state index is 6.27. The second-order valence-corrected chi connectivity index (χ2v) is 5.48. The molecule has 0 bridgehead atoms. The van der Waals surface area contributed by atoms with E-state index in [1.54, 1.807) is 0 Å². The molecule has 2 rings (SSSR count). The molecule has 0 spiro atoms. The van der Waals surface area contributed by atoms with Crippen molar-refractivity contribution in [1.82, 2.24) is 9.55 Å². The zero-order valence-corrected chi connectivity index (χ0v) is 13.4. The summed E-state index contributed by atoms with van der Waals surface area (Å²) < 4.78 is 7.69. The van der Waals surface area contributed by atoms with Gasteiger partial charge in [-0.15, -0.1) is 0 Å². The Bertz CT molecular complexity index is 585. The van der Waals surface area contributed by atoms with E-state index < -0.39 is 0 Å². The third-order valence-electron chi connectivity index (χ3n) is 3.47. The Kier molecular flexibility index (Phi) is 4.89. The van der Waals surface area contributed by atoms with Gasteiger partial charge >= 0.3 is 0 Å². The monoisotopic (exact) mass is 287 g/mol. The summed E-state index contributed by atoms with van der Waals surface area (Å²) in [6, 6.07) is 8.00. The molecular formula is C17H25N3O. The highest BCUT2D eigenvalue weighted by Gasteiger charge is 2.17. The first-order chi connectivity index (χ1) is 10.1. The van der Waals surface area contributed by atoms with Crippen LogP contribution >= 0.6 is 0 Å². The lowest BCUT2D eigenvalue weighted by Crippen LogP contribution is -2.06. The predicted molar refractivity (Wildman–Crippen MR) is 87.6 cm³/mol. The van der Waals surface area contributed by atoms with Crippen LogP contribution in [-0.4, -0.2) is 16.2 Å². The quantitative estimate of drug-likeness (QED) is 0.871. The van der Waals surface area contributed by atoms with Crippen molar-refractivity contribution in [2.24, 2.45) is 0 Å². The van der Waals surface area contributed by atoms with Gasteiger partial charge in [0.1, 0.15) is 23.1 Å². The zero-order chi connectivity index (χ0) is 15.4. The van der Waals surface area contributed by atoms with Crippen LogP contribution in [0.1, 0.15) is 45.9 Å². The molecule has 0 unspecified atom stereocenters. The van der Waals surface area contributed by atoms with E-state index in [4.69, 9.17) is 15.5 Å². The maximum atomic E-state index is 6.27. The maximum Gasteiger partial charge on any atom is 0.131 e. The highest BCUT2D eigenvalue weighted by atomic mass is 16.5. The standard InChI is InChI=1S/C17H25N3O/c1-5-11-21-14-9-7-13(8-10-14)15-16(18)20(6-2)17(19-15)12(3)4/h7-10,12H,5-6,11,18H2,1-4H3. The summed E-state index contributed by atoms with van der Waals surface area (Å²) in [4.78, 5) is 4.74. The van der Waals surface area contributed by atoms with Gasteiger partial charge in [0.05, 0.1) is 6.61 Å². The Morgan fingerprint density at radius 3 is 2.33 bits per heavy atom. The molecule has 1 heterocycles. The van der Waals surface area contributed by atoms with Crippen LogP contribution in [0.25, 0.3) is 11.3 Å². The van der Waals surface area contributed by atoms with Gasteiger partial charge in [-0.05, 0) is 37.6 Å². The van der Waals surface area contributed by atoms with Crippen LogP contribution < -0.4 is 10.5 Å². The molecule has 0 saturated carbocycles. The molecule has 0 atom stereocenters. The normalized spacial score (nSPS) is 11.1. The molecule has 0 fully saturated rings. The molecule has 0 aliphatic rings. The second kappa shape index (κ2) is 6.66. The van der Waals surface area contributed by atoms with E-state index in [1.165, 1.54) is 0 Å². The van der Waals surface area contributed by atoms with Crippen LogP contribution in [0.4, 0.5) is 5.82 Å². The minimum atomic E-state index is 0.355. The van der Waals surface area contributed by atoms with E-state index in [2.05, 4.69) is 32.3 Å². The number of rotatable bonds is 6. The van der Waals surface area contributed by atoms with Gasteiger partial charge in [0.25, 0.3) is 0 Å². The third-order valence-corrected chi connectivity index (χ3v) is 3.47. The van der Waals surface area contributed by atoms with Crippen molar-refractivity contribution in [3.8, 4) is 17.0 Å². The Labute approximate surface area is 127 Å². The molecule has 0 saturated heterocycles. The first-order valence-electron chi connectivity index (χ1n) is 7.67. The smallest absolute Gasteiger partial charge is 0.131 e. The van der Waals surface area contributed by atoms with E-state index >= 15 is 0 Å². The number of anilines is 1. The van der Waals surface area contributed by atoms with Crippen molar-refractivity contribution >= 4 is 5.82 Å². The van der Waals surface area contributed by atoms with Crippen LogP contribution in [0.15, 0.2) is 24.3 Å². The van der Waals surface area contributed by atoms with E-state index in [0.29, 0.717) is 5.92 Å². The molecule has 0 radical (unpaired) electrons. The molecular weight excluding hydrogens is 262 g/mol. The van der Waals surface area contributed by atoms with Crippen molar-refractivity contribution in [2.75, 3.05) is 12.3 Å². The summed E-state index contributed by atoms with van der Waals surface area (Å²) in [6.45, 7) is 10.0. The number of benzene rings is 1. The Balaban J connectivity index is 2.33. The van der Waals surface area contributed by atoms with E-state index in [1.807, 2.05) is 24.3 Å². The Hall–Kier alpha value is -1.97. The fourth-order valence-electron chi connectivity index (χ4n) is 2.40. The molecule has 1 aromatic heterocycles. The lowest BCUT2D eigenvalue weighted by atomic mass is 10.1. The molecule has 2 aromatic rings. The molecule has 114 valence electrons. The fourth-order valence-corrected chi connectivity index (χ4v) is 2.40. The van der Waals surface area contributed by atoms with E-state index in [0.717, 1.165) is 48.2 Å².